The molecule has 1 heterocycles. The van der Waals surface area contributed by atoms with Gasteiger partial charge in [-0.2, -0.15) is 0 Å². The van der Waals surface area contributed by atoms with Gasteiger partial charge in [0.25, 0.3) is 0 Å². The molecule has 0 radical (unpaired) electrons. The van der Waals surface area contributed by atoms with E-state index in [1.54, 1.807) is 0 Å². The molecule has 24 heavy (non-hydrogen) atoms. The first-order valence-corrected chi connectivity index (χ1v) is 9.21. The maximum Gasteiger partial charge on any atom is 0.249 e. The van der Waals surface area contributed by atoms with Gasteiger partial charge in [0, 0.05) is 19.5 Å². The van der Waals surface area contributed by atoms with Crippen molar-refractivity contribution in [2.75, 3.05) is 13.1 Å². The summed E-state index contributed by atoms with van der Waals surface area (Å²) in [5, 5.41) is 2.97. The standard InChI is InChI=1S/C20H30N2O2/c1-16(2)15-18(23)21-19(17-11-7-6-8-12-17)20(24)22-13-9-4-3-5-10-14-22/h6-8,11-12,16,19H,3-5,9-10,13-15H2,1-2H3,(H,21,23). The SMILES string of the molecule is CC(C)CC(=O)NC(C(=O)N1CCCCCCC1)c1ccccc1. The van der Waals surface area contributed by atoms with Gasteiger partial charge < -0.3 is 10.2 Å². The van der Waals surface area contributed by atoms with Crippen molar-refractivity contribution in [3.8, 4) is 0 Å². The third kappa shape index (κ3) is 5.66. The van der Waals surface area contributed by atoms with E-state index >= 15 is 0 Å². The van der Waals surface area contributed by atoms with Gasteiger partial charge in [-0.3, -0.25) is 9.59 Å². The lowest BCUT2D eigenvalue weighted by Crippen LogP contribution is -2.44. The third-order valence-corrected chi connectivity index (χ3v) is 4.45. The number of amides is 2. The Morgan fingerprint density at radius 1 is 1.00 bits per heavy atom. The highest BCUT2D eigenvalue weighted by molar-refractivity contribution is 5.88. The molecule has 1 fully saturated rings. The van der Waals surface area contributed by atoms with E-state index in [0.29, 0.717) is 6.42 Å². The maximum atomic E-state index is 13.1. The molecule has 0 aliphatic carbocycles. The summed E-state index contributed by atoms with van der Waals surface area (Å²) in [6.07, 6.45) is 6.16. The van der Waals surface area contributed by atoms with Crippen LogP contribution in [0.4, 0.5) is 0 Å². The van der Waals surface area contributed by atoms with Crippen LogP contribution in [0.5, 0.6) is 0 Å². The summed E-state index contributed by atoms with van der Waals surface area (Å²) in [4.78, 5) is 27.3. The van der Waals surface area contributed by atoms with Gasteiger partial charge in [0.05, 0.1) is 0 Å². The van der Waals surface area contributed by atoms with Crippen molar-refractivity contribution >= 4 is 11.8 Å². The number of nitrogens with zero attached hydrogens (tertiary/aromatic N) is 1. The normalized spacial score (nSPS) is 17.0. The summed E-state index contributed by atoms with van der Waals surface area (Å²) in [5.74, 6) is 0.248. The molecule has 0 saturated carbocycles. The number of rotatable bonds is 5. The van der Waals surface area contributed by atoms with E-state index in [1.807, 2.05) is 49.1 Å². The van der Waals surface area contributed by atoms with Crippen molar-refractivity contribution in [2.45, 2.75) is 58.4 Å². The van der Waals surface area contributed by atoms with E-state index in [2.05, 4.69) is 5.32 Å². The largest absolute Gasteiger partial charge is 0.341 e. The molecule has 132 valence electrons. The van der Waals surface area contributed by atoms with Gasteiger partial charge in [0.15, 0.2) is 0 Å². The smallest absolute Gasteiger partial charge is 0.249 e. The molecule has 1 aliphatic rings. The summed E-state index contributed by atoms with van der Waals surface area (Å²) in [6.45, 7) is 5.61. The van der Waals surface area contributed by atoms with Crippen LogP contribution in [-0.2, 0) is 9.59 Å². The first-order valence-electron chi connectivity index (χ1n) is 9.21. The Balaban J connectivity index is 2.14. The predicted octanol–water partition coefficient (Wildman–Crippen LogP) is 3.68. The van der Waals surface area contributed by atoms with Gasteiger partial charge in [0.1, 0.15) is 6.04 Å². The molecule has 0 spiro atoms. The van der Waals surface area contributed by atoms with Crippen LogP contribution in [-0.4, -0.2) is 29.8 Å². The van der Waals surface area contributed by atoms with Gasteiger partial charge in [-0.05, 0) is 24.3 Å². The topological polar surface area (TPSA) is 49.4 Å². The predicted molar refractivity (Wildman–Crippen MR) is 96.4 cm³/mol. The lowest BCUT2D eigenvalue weighted by molar-refractivity contribution is -0.137. The van der Waals surface area contributed by atoms with Crippen LogP contribution in [0.3, 0.4) is 0 Å². The zero-order valence-electron chi connectivity index (χ0n) is 15.0. The molecule has 1 N–H and O–H groups in total. The molecule has 1 aromatic carbocycles. The highest BCUT2D eigenvalue weighted by Gasteiger charge is 2.27. The summed E-state index contributed by atoms with van der Waals surface area (Å²) >= 11 is 0. The molecule has 0 aromatic heterocycles. The lowest BCUT2D eigenvalue weighted by atomic mass is 10.0. The fraction of sp³-hybridized carbons (Fsp3) is 0.600. The summed E-state index contributed by atoms with van der Waals surface area (Å²) < 4.78 is 0. The van der Waals surface area contributed by atoms with Crippen LogP contribution in [0.2, 0.25) is 0 Å². The highest BCUT2D eigenvalue weighted by atomic mass is 16.2. The third-order valence-electron chi connectivity index (χ3n) is 4.45. The number of nitrogens with one attached hydrogen (secondary N) is 1. The summed E-state index contributed by atoms with van der Waals surface area (Å²) in [7, 11) is 0. The van der Waals surface area contributed by atoms with E-state index in [-0.39, 0.29) is 17.7 Å². The Morgan fingerprint density at radius 3 is 2.17 bits per heavy atom. The molecule has 1 aromatic rings. The Kier molecular flexibility index (Phi) is 7.29. The van der Waals surface area contributed by atoms with Crippen LogP contribution in [0, 0.1) is 5.92 Å². The maximum absolute atomic E-state index is 13.1. The van der Waals surface area contributed by atoms with Crippen molar-refractivity contribution in [2.24, 2.45) is 5.92 Å². The molecule has 1 atom stereocenters. The molecule has 2 rings (SSSR count). The number of carbonyl (C=O) groups is 2. The minimum Gasteiger partial charge on any atom is -0.341 e. The number of carbonyl (C=O) groups excluding carboxylic acids is 2. The van der Waals surface area contributed by atoms with E-state index in [1.165, 1.54) is 19.3 Å². The number of likely N-dealkylation sites (tertiary alicyclic amines) is 1. The van der Waals surface area contributed by atoms with Crippen molar-refractivity contribution in [1.82, 2.24) is 10.2 Å². The summed E-state index contributed by atoms with van der Waals surface area (Å²) in [5.41, 5.74) is 0.863. The second-order valence-corrected chi connectivity index (χ2v) is 7.10. The number of benzene rings is 1. The minimum absolute atomic E-state index is 0.0280. The molecule has 0 bridgehead atoms. The first kappa shape index (κ1) is 18.5. The van der Waals surface area contributed by atoms with Crippen molar-refractivity contribution < 1.29 is 9.59 Å². The van der Waals surface area contributed by atoms with E-state index in [0.717, 1.165) is 31.5 Å². The van der Waals surface area contributed by atoms with Crippen LogP contribution >= 0.6 is 0 Å². The zero-order chi connectivity index (χ0) is 17.4. The van der Waals surface area contributed by atoms with E-state index in [9.17, 15) is 9.59 Å². The van der Waals surface area contributed by atoms with Crippen LogP contribution in [0.1, 0.15) is 64.0 Å². The molecular formula is C20H30N2O2. The molecular weight excluding hydrogens is 300 g/mol. The molecule has 1 aliphatic heterocycles. The number of hydrogen-bond donors (Lipinski definition) is 1. The Bertz CT molecular complexity index is 520. The molecule has 4 nitrogen and oxygen atoms in total. The molecule has 1 unspecified atom stereocenters. The van der Waals surface area contributed by atoms with Crippen molar-refractivity contribution in [3.05, 3.63) is 35.9 Å². The fourth-order valence-corrected chi connectivity index (χ4v) is 3.17. The van der Waals surface area contributed by atoms with Gasteiger partial charge in [0.2, 0.25) is 11.8 Å². The molecule has 1 saturated heterocycles. The first-order chi connectivity index (χ1) is 11.6. The quantitative estimate of drug-likeness (QED) is 0.895. The average molecular weight is 330 g/mol. The van der Waals surface area contributed by atoms with Crippen molar-refractivity contribution in [1.29, 1.82) is 0 Å². The van der Waals surface area contributed by atoms with Gasteiger partial charge >= 0.3 is 0 Å². The Labute approximate surface area is 145 Å². The molecule has 2 amide bonds. The van der Waals surface area contributed by atoms with Crippen LogP contribution < -0.4 is 5.32 Å². The van der Waals surface area contributed by atoms with Crippen LogP contribution in [0.15, 0.2) is 30.3 Å². The monoisotopic (exact) mass is 330 g/mol. The van der Waals surface area contributed by atoms with Crippen LogP contribution in [0.25, 0.3) is 0 Å². The Morgan fingerprint density at radius 2 is 1.58 bits per heavy atom. The average Bonchev–Trinajstić information content (AvgIpc) is 2.52. The number of hydrogen-bond acceptors (Lipinski definition) is 2. The highest BCUT2D eigenvalue weighted by Crippen LogP contribution is 2.19. The van der Waals surface area contributed by atoms with Gasteiger partial charge in [-0.15, -0.1) is 0 Å². The minimum atomic E-state index is -0.572. The fourth-order valence-electron chi connectivity index (χ4n) is 3.17. The van der Waals surface area contributed by atoms with E-state index in [4.69, 9.17) is 0 Å². The van der Waals surface area contributed by atoms with E-state index < -0.39 is 6.04 Å². The molecule has 4 heteroatoms. The second kappa shape index (κ2) is 9.45. The van der Waals surface area contributed by atoms with Crippen molar-refractivity contribution in [3.63, 3.8) is 0 Å². The van der Waals surface area contributed by atoms with Gasteiger partial charge in [-0.25, -0.2) is 0 Å². The summed E-state index contributed by atoms with van der Waals surface area (Å²) in [6, 6.07) is 9.02. The van der Waals surface area contributed by atoms with Gasteiger partial charge in [-0.1, -0.05) is 63.4 Å². The Hall–Kier alpha value is -1.84. The zero-order valence-corrected chi connectivity index (χ0v) is 15.0. The lowest BCUT2D eigenvalue weighted by Gasteiger charge is -2.29. The second-order valence-electron chi connectivity index (χ2n) is 7.10.